The van der Waals surface area contributed by atoms with Crippen molar-refractivity contribution < 1.29 is 4.79 Å². The van der Waals surface area contributed by atoms with E-state index >= 15 is 0 Å². The molecular weight excluding hydrogens is 342 g/mol. The van der Waals surface area contributed by atoms with Crippen LogP contribution in [-0.4, -0.2) is 51.9 Å². The van der Waals surface area contributed by atoms with Gasteiger partial charge >= 0.3 is 0 Å². The minimum Gasteiger partial charge on any atom is -0.369 e. The van der Waals surface area contributed by atoms with Crippen molar-refractivity contribution in [1.29, 1.82) is 0 Å². The van der Waals surface area contributed by atoms with Gasteiger partial charge in [0, 0.05) is 37.3 Å². The standard InChI is InChI=1S/C20H25N5O2/c1-24(11-16-10-18(26)23-20(21)22-16)17-7-8-25(12-17)19(27)15-6-5-13-3-2-4-14(13)9-15/h5-6,9-10,17H,2-4,7-8,11-12H2,1H3,(H3,21,22,23,26). The second kappa shape index (κ2) is 7.15. The molecule has 7 nitrogen and oxygen atoms in total. The van der Waals surface area contributed by atoms with Crippen LogP contribution >= 0.6 is 0 Å². The molecule has 1 aromatic heterocycles. The number of rotatable bonds is 4. The SMILES string of the molecule is CN(Cc1cc(=O)[nH]c(N)n1)C1CCN(C(=O)c2ccc3c(c2)CCC3)C1. The Balaban J connectivity index is 1.40. The lowest BCUT2D eigenvalue weighted by Crippen LogP contribution is -2.36. The average molecular weight is 367 g/mol. The molecule has 1 saturated heterocycles. The highest BCUT2D eigenvalue weighted by Crippen LogP contribution is 2.25. The average Bonchev–Trinajstić information content (AvgIpc) is 3.29. The maximum absolute atomic E-state index is 12.9. The molecule has 1 aliphatic carbocycles. The highest BCUT2D eigenvalue weighted by Gasteiger charge is 2.30. The Morgan fingerprint density at radius 3 is 2.96 bits per heavy atom. The molecule has 0 radical (unpaired) electrons. The van der Waals surface area contributed by atoms with Gasteiger partial charge in [0.1, 0.15) is 0 Å². The van der Waals surface area contributed by atoms with Gasteiger partial charge in [-0.25, -0.2) is 4.98 Å². The van der Waals surface area contributed by atoms with Crippen molar-refractivity contribution in [1.82, 2.24) is 19.8 Å². The van der Waals surface area contributed by atoms with Crippen LogP contribution in [0.25, 0.3) is 0 Å². The third-order valence-corrected chi connectivity index (χ3v) is 5.64. The van der Waals surface area contributed by atoms with E-state index in [0.29, 0.717) is 18.8 Å². The molecule has 27 heavy (non-hydrogen) atoms. The molecule has 4 rings (SSSR count). The number of nitrogens with zero attached hydrogens (tertiary/aromatic N) is 3. The Kier molecular flexibility index (Phi) is 4.70. The van der Waals surface area contributed by atoms with E-state index in [1.807, 2.05) is 18.0 Å². The monoisotopic (exact) mass is 367 g/mol. The Morgan fingerprint density at radius 1 is 1.33 bits per heavy atom. The molecule has 7 heteroatoms. The van der Waals surface area contributed by atoms with E-state index in [1.165, 1.54) is 23.6 Å². The number of aromatic nitrogens is 2. The van der Waals surface area contributed by atoms with Crippen molar-refractivity contribution in [3.63, 3.8) is 0 Å². The lowest BCUT2D eigenvalue weighted by molar-refractivity contribution is 0.0779. The second-order valence-corrected chi connectivity index (χ2v) is 7.57. The van der Waals surface area contributed by atoms with Crippen LogP contribution in [0, 0.1) is 0 Å². The van der Waals surface area contributed by atoms with Crippen LogP contribution in [0.3, 0.4) is 0 Å². The lowest BCUT2D eigenvalue weighted by Gasteiger charge is -2.24. The largest absolute Gasteiger partial charge is 0.369 e. The van der Waals surface area contributed by atoms with Gasteiger partial charge in [0.25, 0.3) is 11.5 Å². The van der Waals surface area contributed by atoms with Crippen LogP contribution in [0.15, 0.2) is 29.1 Å². The molecule has 0 spiro atoms. The number of nitrogens with one attached hydrogen (secondary N) is 1. The summed E-state index contributed by atoms with van der Waals surface area (Å²) in [6.45, 7) is 1.96. The number of nitrogen functional groups attached to an aromatic ring is 1. The van der Waals surface area contributed by atoms with E-state index in [2.05, 4.69) is 27.0 Å². The van der Waals surface area contributed by atoms with Crippen LogP contribution in [0.1, 0.15) is 40.0 Å². The Morgan fingerprint density at radius 2 is 2.15 bits per heavy atom. The molecule has 1 fully saturated rings. The van der Waals surface area contributed by atoms with Crippen molar-refractivity contribution in [3.8, 4) is 0 Å². The lowest BCUT2D eigenvalue weighted by atomic mass is 10.1. The third kappa shape index (κ3) is 3.73. The summed E-state index contributed by atoms with van der Waals surface area (Å²) in [5, 5.41) is 0. The van der Waals surface area contributed by atoms with Gasteiger partial charge in [-0.2, -0.15) is 0 Å². The number of likely N-dealkylation sites (tertiary alicyclic amines) is 1. The van der Waals surface area contributed by atoms with Gasteiger partial charge in [0.15, 0.2) is 0 Å². The first-order chi connectivity index (χ1) is 13.0. The summed E-state index contributed by atoms with van der Waals surface area (Å²) >= 11 is 0. The highest BCUT2D eigenvalue weighted by atomic mass is 16.2. The van der Waals surface area contributed by atoms with Crippen molar-refractivity contribution in [2.75, 3.05) is 25.9 Å². The topological polar surface area (TPSA) is 95.3 Å². The maximum atomic E-state index is 12.9. The van der Waals surface area contributed by atoms with E-state index < -0.39 is 0 Å². The van der Waals surface area contributed by atoms with E-state index in [9.17, 15) is 9.59 Å². The second-order valence-electron chi connectivity index (χ2n) is 7.57. The molecule has 0 bridgehead atoms. The Hall–Kier alpha value is -2.67. The van der Waals surface area contributed by atoms with Crippen LogP contribution < -0.4 is 11.3 Å². The normalized spacial score (nSPS) is 18.9. The molecule has 1 atom stereocenters. The molecule has 1 aliphatic heterocycles. The number of aromatic amines is 1. The molecule has 3 N–H and O–H groups in total. The number of fused-ring (bicyclic) bond motifs is 1. The fourth-order valence-corrected chi connectivity index (χ4v) is 4.17. The fourth-order valence-electron chi connectivity index (χ4n) is 4.17. The molecule has 1 unspecified atom stereocenters. The third-order valence-electron chi connectivity index (χ3n) is 5.64. The van der Waals surface area contributed by atoms with Crippen molar-refractivity contribution in [2.45, 2.75) is 38.3 Å². The molecule has 1 aromatic carbocycles. The van der Waals surface area contributed by atoms with E-state index in [4.69, 9.17) is 5.73 Å². The molecule has 1 amide bonds. The van der Waals surface area contributed by atoms with Crippen LogP contribution in [0.5, 0.6) is 0 Å². The molecule has 2 aliphatic rings. The number of hydrogen-bond donors (Lipinski definition) is 2. The van der Waals surface area contributed by atoms with Gasteiger partial charge in [-0.15, -0.1) is 0 Å². The van der Waals surface area contributed by atoms with Gasteiger partial charge < -0.3 is 10.6 Å². The first-order valence-corrected chi connectivity index (χ1v) is 9.46. The predicted molar refractivity (Wildman–Crippen MR) is 104 cm³/mol. The van der Waals surface area contributed by atoms with Gasteiger partial charge in [-0.1, -0.05) is 6.07 Å². The molecule has 0 saturated carbocycles. The Labute approximate surface area is 158 Å². The maximum Gasteiger partial charge on any atom is 0.253 e. The van der Waals surface area contributed by atoms with Crippen LogP contribution in [0.2, 0.25) is 0 Å². The summed E-state index contributed by atoms with van der Waals surface area (Å²) in [5.74, 6) is 0.241. The van der Waals surface area contributed by atoms with E-state index in [-0.39, 0.29) is 23.5 Å². The van der Waals surface area contributed by atoms with E-state index in [0.717, 1.165) is 31.4 Å². The summed E-state index contributed by atoms with van der Waals surface area (Å²) in [7, 11) is 1.99. The fraction of sp³-hybridized carbons (Fsp3) is 0.450. The smallest absolute Gasteiger partial charge is 0.253 e. The first kappa shape index (κ1) is 17.7. The minimum atomic E-state index is -0.245. The van der Waals surface area contributed by atoms with Crippen molar-refractivity contribution in [3.05, 3.63) is 57.0 Å². The summed E-state index contributed by atoms with van der Waals surface area (Å²) in [4.78, 5) is 35.1. The molecule has 2 aromatic rings. The summed E-state index contributed by atoms with van der Waals surface area (Å²) < 4.78 is 0. The number of H-pyrrole nitrogens is 1. The summed E-state index contributed by atoms with van der Waals surface area (Å²) in [6, 6.07) is 7.86. The highest BCUT2D eigenvalue weighted by molar-refractivity contribution is 5.94. The van der Waals surface area contributed by atoms with Gasteiger partial charge in [0.2, 0.25) is 5.95 Å². The number of likely N-dealkylation sites (N-methyl/N-ethyl adjacent to an activating group) is 1. The zero-order chi connectivity index (χ0) is 19.0. The van der Waals surface area contributed by atoms with Gasteiger partial charge in [0.05, 0.1) is 5.69 Å². The van der Waals surface area contributed by atoms with Crippen LogP contribution in [-0.2, 0) is 19.4 Å². The number of anilines is 1. The van der Waals surface area contributed by atoms with Gasteiger partial charge in [-0.3, -0.25) is 19.5 Å². The Bertz CT molecular complexity index is 923. The number of carbonyl (C=O) groups excluding carboxylic acids is 1. The molecule has 2 heterocycles. The number of aryl methyl sites for hydroxylation is 2. The van der Waals surface area contributed by atoms with Crippen LogP contribution in [0.4, 0.5) is 5.95 Å². The number of benzene rings is 1. The van der Waals surface area contributed by atoms with Crippen molar-refractivity contribution in [2.24, 2.45) is 0 Å². The number of amides is 1. The number of hydrogen-bond acceptors (Lipinski definition) is 5. The quantitative estimate of drug-likeness (QED) is 0.846. The molecule has 142 valence electrons. The summed E-state index contributed by atoms with van der Waals surface area (Å²) in [5.41, 5.74) is 9.52. The molecular formula is C20H25N5O2. The van der Waals surface area contributed by atoms with Crippen molar-refractivity contribution >= 4 is 11.9 Å². The summed E-state index contributed by atoms with van der Waals surface area (Å²) in [6.07, 6.45) is 4.30. The number of nitrogens with two attached hydrogens (primary N) is 1. The number of carbonyl (C=O) groups is 1. The first-order valence-electron chi connectivity index (χ1n) is 9.46. The minimum absolute atomic E-state index is 0.110. The van der Waals surface area contributed by atoms with Gasteiger partial charge in [-0.05, 0) is 56.0 Å². The predicted octanol–water partition coefficient (Wildman–Crippen LogP) is 1.19. The zero-order valence-corrected chi connectivity index (χ0v) is 15.6. The zero-order valence-electron chi connectivity index (χ0n) is 15.6. The van der Waals surface area contributed by atoms with E-state index in [1.54, 1.807) is 0 Å².